The molecule has 2 N–H and O–H groups in total. The van der Waals surface area contributed by atoms with E-state index in [9.17, 15) is 18.0 Å². The van der Waals surface area contributed by atoms with E-state index in [2.05, 4.69) is 44.9 Å². The van der Waals surface area contributed by atoms with Crippen molar-refractivity contribution < 1.29 is 18.0 Å². The molecule has 1 spiro atoms. The SMILES string of the molecule is O=C1NC2(CCC(NCC3CC3)(c3ccccc3)CC2)CN1c1cnc(C(F)(F)F)nc1. The van der Waals surface area contributed by atoms with Gasteiger partial charge in [-0.3, -0.25) is 4.90 Å². The number of rotatable bonds is 5. The molecule has 1 aromatic carbocycles. The monoisotopic (exact) mass is 445 g/mol. The summed E-state index contributed by atoms with van der Waals surface area (Å²) in [6.45, 7) is 1.40. The predicted octanol–water partition coefficient (Wildman–Crippen LogP) is 4.23. The number of hydrogen-bond donors (Lipinski definition) is 2. The number of carbonyl (C=O) groups is 1. The van der Waals surface area contributed by atoms with E-state index < -0.39 is 17.5 Å². The summed E-state index contributed by atoms with van der Waals surface area (Å²) in [6.07, 6.45) is 3.41. The third kappa shape index (κ3) is 4.05. The van der Waals surface area contributed by atoms with Crippen molar-refractivity contribution in [2.75, 3.05) is 18.0 Å². The molecule has 9 heteroatoms. The van der Waals surface area contributed by atoms with Gasteiger partial charge in [-0.1, -0.05) is 30.3 Å². The Balaban J connectivity index is 1.31. The second kappa shape index (κ2) is 7.72. The van der Waals surface area contributed by atoms with Crippen molar-refractivity contribution >= 4 is 11.7 Å². The first-order valence-corrected chi connectivity index (χ1v) is 11.1. The highest BCUT2D eigenvalue weighted by atomic mass is 19.4. The first-order valence-electron chi connectivity index (χ1n) is 11.1. The van der Waals surface area contributed by atoms with Crippen LogP contribution in [0.1, 0.15) is 49.9 Å². The summed E-state index contributed by atoms with van der Waals surface area (Å²) in [6, 6.07) is 10.2. The summed E-state index contributed by atoms with van der Waals surface area (Å²) < 4.78 is 38.3. The summed E-state index contributed by atoms with van der Waals surface area (Å²) >= 11 is 0. The van der Waals surface area contributed by atoms with Crippen LogP contribution in [-0.4, -0.2) is 34.6 Å². The number of nitrogens with one attached hydrogen (secondary N) is 2. The van der Waals surface area contributed by atoms with E-state index in [0.717, 1.165) is 50.5 Å². The number of carbonyl (C=O) groups excluding carboxylic acids is 1. The quantitative estimate of drug-likeness (QED) is 0.723. The average molecular weight is 445 g/mol. The highest BCUT2D eigenvalue weighted by Gasteiger charge is 2.50. The fraction of sp³-hybridized carbons (Fsp3) is 0.522. The Hall–Kier alpha value is -2.68. The molecule has 5 rings (SSSR count). The molecule has 32 heavy (non-hydrogen) atoms. The Labute approximate surface area is 184 Å². The summed E-state index contributed by atoms with van der Waals surface area (Å²) in [5.41, 5.74) is 1.02. The lowest BCUT2D eigenvalue weighted by atomic mass is 9.69. The molecule has 2 saturated carbocycles. The topological polar surface area (TPSA) is 70.2 Å². The molecule has 3 fully saturated rings. The van der Waals surface area contributed by atoms with Gasteiger partial charge in [0.15, 0.2) is 0 Å². The molecule has 170 valence electrons. The minimum atomic E-state index is -4.61. The third-order valence-electron chi connectivity index (χ3n) is 7.09. The Kier molecular flexibility index (Phi) is 5.11. The van der Waals surface area contributed by atoms with Crippen LogP contribution >= 0.6 is 0 Å². The molecule has 0 radical (unpaired) electrons. The molecule has 3 aliphatic rings. The van der Waals surface area contributed by atoms with Crippen molar-refractivity contribution in [3.8, 4) is 0 Å². The summed E-state index contributed by atoms with van der Waals surface area (Å²) in [4.78, 5) is 21.0. The van der Waals surface area contributed by atoms with Gasteiger partial charge in [0.1, 0.15) is 0 Å². The van der Waals surface area contributed by atoms with Gasteiger partial charge in [-0.25, -0.2) is 14.8 Å². The minimum Gasteiger partial charge on any atom is -0.330 e. The van der Waals surface area contributed by atoms with Crippen LogP contribution in [0, 0.1) is 5.92 Å². The van der Waals surface area contributed by atoms with E-state index in [1.807, 2.05) is 6.07 Å². The Morgan fingerprint density at radius 2 is 1.72 bits per heavy atom. The summed E-state index contributed by atoms with van der Waals surface area (Å²) in [5, 5.41) is 6.95. The van der Waals surface area contributed by atoms with Gasteiger partial charge in [-0.05, 0) is 56.6 Å². The van der Waals surface area contributed by atoms with Gasteiger partial charge in [-0.2, -0.15) is 13.2 Å². The first-order chi connectivity index (χ1) is 15.3. The Morgan fingerprint density at radius 1 is 1.06 bits per heavy atom. The lowest BCUT2D eigenvalue weighted by molar-refractivity contribution is -0.144. The van der Waals surface area contributed by atoms with Crippen LogP contribution in [0.4, 0.5) is 23.7 Å². The van der Waals surface area contributed by atoms with Gasteiger partial charge in [0.05, 0.1) is 30.2 Å². The van der Waals surface area contributed by atoms with Crippen molar-refractivity contribution in [2.45, 2.75) is 55.8 Å². The minimum absolute atomic E-state index is 0.120. The molecule has 0 atom stereocenters. The number of aromatic nitrogens is 2. The van der Waals surface area contributed by atoms with E-state index in [0.29, 0.717) is 6.54 Å². The van der Waals surface area contributed by atoms with E-state index in [4.69, 9.17) is 0 Å². The number of amides is 2. The van der Waals surface area contributed by atoms with Gasteiger partial charge in [0, 0.05) is 5.54 Å². The normalized spacial score (nSPS) is 28.2. The highest BCUT2D eigenvalue weighted by molar-refractivity contribution is 5.95. The van der Waals surface area contributed by atoms with Gasteiger partial charge >= 0.3 is 12.2 Å². The van der Waals surface area contributed by atoms with Crippen molar-refractivity contribution in [1.29, 1.82) is 0 Å². The number of anilines is 1. The van der Waals surface area contributed by atoms with Crippen LogP contribution in [0.25, 0.3) is 0 Å². The maximum absolute atomic E-state index is 12.8. The van der Waals surface area contributed by atoms with Crippen molar-refractivity contribution in [1.82, 2.24) is 20.6 Å². The van der Waals surface area contributed by atoms with E-state index in [1.165, 1.54) is 23.3 Å². The molecule has 1 aliphatic heterocycles. The first kappa shape index (κ1) is 21.2. The molecule has 1 aromatic heterocycles. The highest BCUT2D eigenvalue weighted by Crippen LogP contribution is 2.44. The van der Waals surface area contributed by atoms with Crippen LogP contribution in [-0.2, 0) is 11.7 Å². The molecule has 1 saturated heterocycles. The summed E-state index contributed by atoms with van der Waals surface area (Å²) in [5.74, 6) is -0.449. The number of urea groups is 1. The van der Waals surface area contributed by atoms with Gasteiger partial charge in [-0.15, -0.1) is 0 Å². The predicted molar refractivity (Wildman–Crippen MR) is 113 cm³/mol. The van der Waals surface area contributed by atoms with Crippen LogP contribution in [0.15, 0.2) is 42.7 Å². The third-order valence-corrected chi connectivity index (χ3v) is 7.09. The fourth-order valence-electron chi connectivity index (χ4n) is 4.95. The average Bonchev–Trinajstić information content (AvgIpc) is 3.57. The van der Waals surface area contributed by atoms with Crippen LogP contribution in [0.3, 0.4) is 0 Å². The lowest BCUT2D eigenvalue weighted by Gasteiger charge is -2.45. The van der Waals surface area contributed by atoms with E-state index >= 15 is 0 Å². The van der Waals surface area contributed by atoms with Crippen molar-refractivity contribution in [2.24, 2.45) is 5.92 Å². The molecule has 0 unspecified atom stereocenters. The maximum atomic E-state index is 12.8. The Morgan fingerprint density at radius 3 is 2.31 bits per heavy atom. The van der Waals surface area contributed by atoms with Gasteiger partial charge in [0.25, 0.3) is 0 Å². The van der Waals surface area contributed by atoms with E-state index in [1.54, 1.807) is 0 Å². The van der Waals surface area contributed by atoms with Gasteiger partial charge < -0.3 is 10.6 Å². The molecular formula is C23H26F3N5O. The molecule has 2 aromatic rings. The zero-order chi connectivity index (χ0) is 22.4. The number of nitrogens with zero attached hydrogens (tertiary/aromatic N) is 3. The number of halogens is 3. The molecule has 0 bridgehead atoms. The number of benzene rings is 1. The fourth-order valence-corrected chi connectivity index (χ4v) is 4.95. The molecule has 2 heterocycles. The summed E-state index contributed by atoms with van der Waals surface area (Å²) in [7, 11) is 0. The molecule has 6 nitrogen and oxygen atoms in total. The van der Waals surface area contributed by atoms with Crippen LogP contribution in [0.2, 0.25) is 0 Å². The zero-order valence-electron chi connectivity index (χ0n) is 17.7. The zero-order valence-corrected chi connectivity index (χ0v) is 17.7. The molecule has 2 aliphatic carbocycles. The van der Waals surface area contributed by atoms with Crippen molar-refractivity contribution in [3.05, 3.63) is 54.1 Å². The second-order valence-electron chi connectivity index (χ2n) is 9.33. The van der Waals surface area contributed by atoms with Gasteiger partial charge in [0.2, 0.25) is 5.82 Å². The Bertz CT molecular complexity index is 967. The largest absolute Gasteiger partial charge is 0.451 e. The van der Waals surface area contributed by atoms with Crippen LogP contribution < -0.4 is 15.5 Å². The molecular weight excluding hydrogens is 419 g/mol. The van der Waals surface area contributed by atoms with Crippen molar-refractivity contribution in [3.63, 3.8) is 0 Å². The standard InChI is InChI=1S/C23H26F3N5O/c24-23(25,26)19-27-13-18(14-28-19)31-15-21(30-20(31)32)8-10-22(11-9-21,29-12-16-6-7-16)17-4-2-1-3-5-17/h1-5,13-14,16,29H,6-12,15H2,(H,30,32). The van der Waals surface area contributed by atoms with Crippen LogP contribution in [0.5, 0.6) is 0 Å². The van der Waals surface area contributed by atoms with E-state index in [-0.39, 0.29) is 17.3 Å². The maximum Gasteiger partial charge on any atom is 0.451 e. The number of alkyl halides is 3. The lowest BCUT2D eigenvalue weighted by Crippen LogP contribution is -2.54. The molecule has 2 amide bonds. The smallest absolute Gasteiger partial charge is 0.330 e. The second-order valence-corrected chi connectivity index (χ2v) is 9.33. The number of hydrogen-bond acceptors (Lipinski definition) is 4.